The van der Waals surface area contributed by atoms with Gasteiger partial charge in [-0.25, -0.2) is 9.78 Å². The number of hydrogen-bond acceptors (Lipinski definition) is 6. The molecule has 1 unspecified atom stereocenters. The van der Waals surface area contributed by atoms with Crippen LogP contribution in [0.1, 0.15) is 51.1 Å². The van der Waals surface area contributed by atoms with Gasteiger partial charge in [0, 0.05) is 19.3 Å². The minimum absolute atomic E-state index is 0.00314. The van der Waals surface area contributed by atoms with Crippen LogP contribution in [0.3, 0.4) is 0 Å². The van der Waals surface area contributed by atoms with Crippen LogP contribution in [0, 0.1) is 11.3 Å². The van der Waals surface area contributed by atoms with Gasteiger partial charge in [-0.2, -0.15) is 18.4 Å². The molecule has 0 spiro atoms. The summed E-state index contributed by atoms with van der Waals surface area (Å²) in [5.74, 6) is 0.494. The van der Waals surface area contributed by atoms with Crippen molar-refractivity contribution in [3.05, 3.63) is 24.0 Å². The van der Waals surface area contributed by atoms with Crippen LogP contribution in [0.25, 0.3) is 0 Å². The summed E-state index contributed by atoms with van der Waals surface area (Å²) < 4.78 is 54.2. The van der Waals surface area contributed by atoms with Crippen LogP contribution in [-0.2, 0) is 9.47 Å². The van der Waals surface area contributed by atoms with E-state index in [0.29, 0.717) is 31.7 Å². The number of carbonyl (C=O) groups excluding carboxylic acids is 1. The third kappa shape index (κ3) is 6.47. The summed E-state index contributed by atoms with van der Waals surface area (Å²) in [4.78, 5) is 17.2. The number of halogens is 3. The Morgan fingerprint density at radius 1 is 1.16 bits per heavy atom. The van der Waals surface area contributed by atoms with E-state index < -0.39 is 18.4 Å². The molecule has 31 heavy (non-hydrogen) atoms. The van der Waals surface area contributed by atoms with Crippen molar-refractivity contribution in [2.75, 3.05) is 13.1 Å². The Kier molecular flexibility index (Phi) is 7.59. The number of nitriles is 1. The first-order chi connectivity index (χ1) is 14.8. The van der Waals surface area contributed by atoms with Crippen molar-refractivity contribution in [3.63, 3.8) is 0 Å². The van der Waals surface area contributed by atoms with Gasteiger partial charge >= 0.3 is 12.3 Å². The van der Waals surface area contributed by atoms with E-state index in [2.05, 4.69) is 9.72 Å². The van der Waals surface area contributed by atoms with E-state index in [0.717, 1.165) is 32.6 Å². The fourth-order valence-corrected chi connectivity index (χ4v) is 3.77. The van der Waals surface area contributed by atoms with Gasteiger partial charge in [-0.1, -0.05) is 0 Å². The highest BCUT2D eigenvalue weighted by Crippen LogP contribution is 2.29. The van der Waals surface area contributed by atoms with E-state index in [1.165, 1.54) is 4.90 Å². The largest absolute Gasteiger partial charge is 0.487 e. The molecule has 1 atom stereocenters. The molecule has 10 heteroatoms. The summed E-state index contributed by atoms with van der Waals surface area (Å²) in [6, 6.07) is 5.50. The lowest BCUT2D eigenvalue weighted by atomic mass is 9.94. The maximum absolute atomic E-state index is 12.5. The third-order valence-corrected chi connectivity index (χ3v) is 5.62. The van der Waals surface area contributed by atoms with Crippen molar-refractivity contribution in [1.82, 2.24) is 9.88 Å². The van der Waals surface area contributed by atoms with Gasteiger partial charge in [0.2, 0.25) is 0 Å². The number of nitrogens with zero attached hydrogens (tertiary/aromatic N) is 3. The molecule has 1 aliphatic heterocycles. The normalized spacial score (nSPS) is 23.6. The minimum atomic E-state index is -4.56. The number of carbonyl (C=O) groups is 1. The molecule has 3 rings (SSSR count). The summed E-state index contributed by atoms with van der Waals surface area (Å²) in [5.41, 5.74) is 0.274. The van der Waals surface area contributed by atoms with E-state index in [1.807, 2.05) is 6.07 Å². The van der Waals surface area contributed by atoms with Crippen LogP contribution < -0.4 is 4.74 Å². The summed E-state index contributed by atoms with van der Waals surface area (Å²) in [6.45, 7) is 1.44. The second kappa shape index (κ2) is 10.2. The lowest BCUT2D eigenvalue weighted by molar-refractivity contribution is -0.200. The van der Waals surface area contributed by atoms with E-state index in [9.17, 15) is 18.0 Å². The van der Waals surface area contributed by atoms with Gasteiger partial charge in [-0.05, 0) is 57.6 Å². The highest BCUT2D eigenvalue weighted by atomic mass is 19.4. The lowest BCUT2D eigenvalue weighted by Crippen LogP contribution is -2.44. The second-order valence-electron chi connectivity index (χ2n) is 7.87. The quantitative estimate of drug-likeness (QED) is 0.681. The molecular formula is C21H26F3N3O4. The van der Waals surface area contributed by atoms with Crippen LogP contribution in [0.4, 0.5) is 18.0 Å². The number of piperidine rings is 1. The second-order valence-corrected chi connectivity index (χ2v) is 7.87. The Morgan fingerprint density at radius 3 is 2.39 bits per heavy atom. The SMILES string of the molecule is CC(OC(=O)N1CCC(OC2CCC(Oc3cccnc3C#N)CC2)CC1)C(F)(F)F. The number of alkyl halides is 3. The summed E-state index contributed by atoms with van der Waals surface area (Å²) in [7, 11) is 0. The standard InChI is InChI=1S/C21H26F3N3O4/c1-14(21(22,23)24)29-20(28)27-11-8-17(9-12-27)30-15-4-6-16(7-5-15)31-19-3-2-10-26-18(19)13-25/h2-3,10,14-17H,4-9,11-12H2,1H3. The Labute approximate surface area is 179 Å². The molecule has 1 aromatic heterocycles. The van der Waals surface area contributed by atoms with Gasteiger partial charge < -0.3 is 19.1 Å². The average molecular weight is 441 g/mol. The van der Waals surface area contributed by atoms with E-state index >= 15 is 0 Å². The van der Waals surface area contributed by atoms with Crippen molar-refractivity contribution in [2.24, 2.45) is 0 Å². The first kappa shape index (κ1) is 23.1. The molecule has 170 valence electrons. The molecule has 2 heterocycles. The molecular weight excluding hydrogens is 415 g/mol. The number of hydrogen-bond donors (Lipinski definition) is 0. The first-order valence-corrected chi connectivity index (χ1v) is 10.5. The Morgan fingerprint density at radius 2 is 1.77 bits per heavy atom. The molecule has 0 radical (unpaired) electrons. The van der Waals surface area contributed by atoms with Crippen LogP contribution in [-0.4, -0.2) is 59.7 Å². The fraction of sp³-hybridized carbons (Fsp3) is 0.667. The number of pyridine rings is 1. The predicted molar refractivity (Wildman–Crippen MR) is 103 cm³/mol. The van der Waals surface area contributed by atoms with Crippen molar-refractivity contribution >= 4 is 6.09 Å². The van der Waals surface area contributed by atoms with Gasteiger partial charge in [0.05, 0.1) is 18.3 Å². The van der Waals surface area contributed by atoms with E-state index in [-0.39, 0.29) is 24.0 Å². The van der Waals surface area contributed by atoms with Crippen LogP contribution in [0.15, 0.2) is 18.3 Å². The smallest absolute Gasteiger partial charge is 0.425 e. The average Bonchev–Trinajstić information content (AvgIpc) is 2.75. The Hall–Kier alpha value is -2.54. The molecule has 0 bridgehead atoms. The van der Waals surface area contributed by atoms with Gasteiger partial charge in [0.1, 0.15) is 6.07 Å². The van der Waals surface area contributed by atoms with Crippen molar-refractivity contribution in [3.8, 4) is 11.8 Å². The first-order valence-electron chi connectivity index (χ1n) is 10.5. The zero-order chi connectivity index (χ0) is 22.4. The molecule has 2 fully saturated rings. The number of amides is 1. The third-order valence-electron chi connectivity index (χ3n) is 5.62. The maximum Gasteiger partial charge on any atom is 0.425 e. The monoisotopic (exact) mass is 441 g/mol. The van der Waals surface area contributed by atoms with Crippen LogP contribution in [0.5, 0.6) is 5.75 Å². The Bertz CT molecular complexity index is 783. The maximum atomic E-state index is 12.5. The number of rotatable bonds is 5. The molecule has 7 nitrogen and oxygen atoms in total. The van der Waals surface area contributed by atoms with Gasteiger partial charge in [-0.3, -0.25) is 0 Å². The molecule has 1 aromatic rings. The van der Waals surface area contributed by atoms with Gasteiger partial charge in [-0.15, -0.1) is 0 Å². The molecule has 1 saturated carbocycles. The minimum Gasteiger partial charge on any atom is -0.487 e. The molecule has 0 N–H and O–H groups in total. The molecule has 1 saturated heterocycles. The van der Waals surface area contributed by atoms with Gasteiger partial charge in [0.15, 0.2) is 17.5 Å². The highest BCUT2D eigenvalue weighted by Gasteiger charge is 2.40. The van der Waals surface area contributed by atoms with Crippen molar-refractivity contribution in [1.29, 1.82) is 5.26 Å². The van der Waals surface area contributed by atoms with Gasteiger partial charge in [0.25, 0.3) is 0 Å². The zero-order valence-corrected chi connectivity index (χ0v) is 17.3. The van der Waals surface area contributed by atoms with Crippen molar-refractivity contribution in [2.45, 2.75) is 76.0 Å². The fourth-order valence-electron chi connectivity index (χ4n) is 3.77. The molecule has 2 aliphatic rings. The van der Waals surface area contributed by atoms with Crippen molar-refractivity contribution < 1.29 is 32.2 Å². The van der Waals surface area contributed by atoms with Crippen LogP contribution in [0.2, 0.25) is 0 Å². The van der Waals surface area contributed by atoms with E-state index in [4.69, 9.17) is 14.7 Å². The highest BCUT2D eigenvalue weighted by molar-refractivity contribution is 5.68. The Balaban J connectivity index is 1.37. The summed E-state index contributed by atoms with van der Waals surface area (Å²) in [5, 5.41) is 9.11. The van der Waals surface area contributed by atoms with Crippen LogP contribution >= 0.6 is 0 Å². The molecule has 1 aliphatic carbocycles. The number of ether oxygens (including phenoxy) is 3. The number of aromatic nitrogens is 1. The summed E-state index contributed by atoms with van der Waals surface area (Å²) in [6.07, 6.45) is -1.66. The number of likely N-dealkylation sites (tertiary alicyclic amines) is 1. The summed E-state index contributed by atoms with van der Waals surface area (Å²) >= 11 is 0. The topological polar surface area (TPSA) is 84.7 Å². The molecule has 1 amide bonds. The van der Waals surface area contributed by atoms with E-state index in [1.54, 1.807) is 18.3 Å². The zero-order valence-electron chi connectivity index (χ0n) is 17.3. The lowest BCUT2D eigenvalue weighted by Gasteiger charge is -2.36. The predicted octanol–water partition coefficient (Wildman–Crippen LogP) is 4.21. The molecule has 0 aromatic carbocycles.